The minimum atomic E-state index is -3.99. The van der Waals surface area contributed by atoms with E-state index < -0.39 is 15.9 Å². The van der Waals surface area contributed by atoms with Gasteiger partial charge in [-0.1, -0.05) is 12.1 Å². The molecule has 2 aromatic heterocycles. The van der Waals surface area contributed by atoms with Crippen LogP contribution >= 0.6 is 0 Å². The number of aromatic nitrogens is 2. The number of furan rings is 1. The van der Waals surface area contributed by atoms with Gasteiger partial charge in [-0.15, -0.1) is 0 Å². The van der Waals surface area contributed by atoms with Crippen molar-refractivity contribution < 1.29 is 31.8 Å². The van der Waals surface area contributed by atoms with Gasteiger partial charge in [-0.25, -0.2) is 8.42 Å². The molecule has 37 heavy (non-hydrogen) atoms. The Morgan fingerprint density at radius 2 is 1.76 bits per heavy atom. The largest absolute Gasteiger partial charge is 0.486 e. The van der Waals surface area contributed by atoms with Crippen LogP contribution in [0.1, 0.15) is 21.9 Å². The standard InChI is InChI=1S/C25H24N4O7S/c1-16-5-4-6-18(13-16)35-15-19-9-12-21(36-19)24(30)26-17-7-10-20(11-8-17)37(31,32)29-22-14-23(33-2)28-25(27-22)34-3/h4-14H,15H2,1-3H3,(H,26,30)(H,27,28,29). The van der Waals surface area contributed by atoms with E-state index in [4.69, 9.17) is 18.6 Å². The molecular weight excluding hydrogens is 500 g/mol. The normalized spacial score (nSPS) is 11.0. The molecule has 0 aliphatic rings. The second kappa shape index (κ2) is 11.0. The number of nitrogens with zero attached hydrogens (tertiary/aromatic N) is 2. The summed E-state index contributed by atoms with van der Waals surface area (Å²) in [6.45, 7) is 2.13. The van der Waals surface area contributed by atoms with Crippen LogP contribution in [0.2, 0.25) is 0 Å². The molecule has 2 N–H and O–H groups in total. The van der Waals surface area contributed by atoms with Crippen LogP contribution in [0.4, 0.5) is 11.5 Å². The molecule has 4 rings (SSSR count). The number of aryl methyl sites for hydroxylation is 1. The van der Waals surface area contributed by atoms with E-state index in [9.17, 15) is 13.2 Å². The van der Waals surface area contributed by atoms with Crippen LogP contribution in [0, 0.1) is 6.92 Å². The molecule has 0 unspecified atom stereocenters. The highest BCUT2D eigenvalue weighted by Gasteiger charge is 2.18. The third-order valence-corrected chi connectivity index (χ3v) is 6.36. The molecule has 0 fully saturated rings. The summed E-state index contributed by atoms with van der Waals surface area (Å²) >= 11 is 0. The van der Waals surface area contributed by atoms with Crippen molar-refractivity contribution in [3.63, 3.8) is 0 Å². The number of nitrogens with one attached hydrogen (secondary N) is 2. The van der Waals surface area contributed by atoms with Gasteiger partial charge in [-0.2, -0.15) is 9.97 Å². The van der Waals surface area contributed by atoms with E-state index in [-0.39, 0.29) is 35.0 Å². The van der Waals surface area contributed by atoms with E-state index in [1.165, 1.54) is 50.6 Å². The molecule has 2 heterocycles. The quantitative estimate of drug-likeness (QED) is 0.314. The summed E-state index contributed by atoms with van der Waals surface area (Å²) in [5, 5.41) is 2.67. The Morgan fingerprint density at radius 1 is 0.973 bits per heavy atom. The third-order valence-electron chi connectivity index (χ3n) is 4.99. The fourth-order valence-electron chi connectivity index (χ4n) is 3.20. The Bertz CT molecular complexity index is 1480. The first-order valence-electron chi connectivity index (χ1n) is 11.0. The van der Waals surface area contributed by atoms with Gasteiger partial charge < -0.3 is 23.9 Å². The van der Waals surface area contributed by atoms with Crippen LogP contribution in [-0.4, -0.2) is 38.5 Å². The Hall–Kier alpha value is -4.58. The number of anilines is 2. The lowest BCUT2D eigenvalue weighted by Gasteiger charge is -2.10. The van der Waals surface area contributed by atoms with Crippen molar-refractivity contribution in [2.75, 3.05) is 24.3 Å². The van der Waals surface area contributed by atoms with Crippen molar-refractivity contribution in [3.8, 4) is 17.6 Å². The molecule has 0 aliphatic carbocycles. The number of benzene rings is 2. The van der Waals surface area contributed by atoms with E-state index in [1.807, 2.05) is 31.2 Å². The Morgan fingerprint density at radius 3 is 2.46 bits per heavy atom. The molecule has 192 valence electrons. The van der Waals surface area contributed by atoms with Gasteiger partial charge in [0.05, 0.1) is 19.1 Å². The molecule has 0 saturated heterocycles. The topological polar surface area (TPSA) is 142 Å². The van der Waals surface area contributed by atoms with E-state index in [1.54, 1.807) is 6.07 Å². The monoisotopic (exact) mass is 524 g/mol. The van der Waals surface area contributed by atoms with Gasteiger partial charge in [0.25, 0.3) is 15.9 Å². The van der Waals surface area contributed by atoms with Crippen LogP contribution in [0.5, 0.6) is 17.6 Å². The fraction of sp³-hybridized carbons (Fsp3) is 0.160. The van der Waals surface area contributed by atoms with Gasteiger partial charge >= 0.3 is 6.01 Å². The zero-order chi connectivity index (χ0) is 26.4. The van der Waals surface area contributed by atoms with Crippen LogP contribution in [-0.2, 0) is 16.6 Å². The van der Waals surface area contributed by atoms with E-state index >= 15 is 0 Å². The lowest BCUT2D eigenvalue weighted by molar-refractivity contribution is 0.0992. The van der Waals surface area contributed by atoms with Crippen molar-refractivity contribution in [1.29, 1.82) is 0 Å². The molecule has 0 saturated carbocycles. The number of rotatable bonds is 10. The first-order valence-corrected chi connectivity index (χ1v) is 12.4. The predicted octanol–water partition coefficient (Wildman–Crippen LogP) is 4.03. The maximum Gasteiger partial charge on any atom is 0.321 e. The summed E-state index contributed by atoms with van der Waals surface area (Å²) in [5.41, 5.74) is 1.45. The number of carbonyl (C=O) groups excluding carboxylic acids is 1. The lowest BCUT2D eigenvalue weighted by Crippen LogP contribution is -2.15. The number of sulfonamides is 1. The SMILES string of the molecule is COc1cc(NS(=O)(=O)c2ccc(NC(=O)c3ccc(COc4cccc(C)c4)o3)cc2)nc(OC)n1. The Labute approximate surface area is 213 Å². The molecule has 11 nitrogen and oxygen atoms in total. The van der Waals surface area contributed by atoms with Gasteiger partial charge in [-0.3, -0.25) is 9.52 Å². The van der Waals surface area contributed by atoms with Gasteiger partial charge in [0.1, 0.15) is 18.1 Å². The molecule has 2 aromatic carbocycles. The predicted molar refractivity (Wildman–Crippen MR) is 135 cm³/mol. The summed E-state index contributed by atoms with van der Waals surface area (Å²) < 4.78 is 49.1. The maximum absolute atomic E-state index is 12.8. The number of carbonyl (C=O) groups is 1. The number of ether oxygens (including phenoxy) is 3. The number of hydrogen-bond acceptors (Lipinski definition) is 9. The van der Waals surface area contributed by atoms with E-state index in [0.717, 1.165) is 5.56 Å². The summed E-state index contributed by atoms with van der Waals surface area (Å²) in [6.07, 6.45) is 0. The van der Waals surface area contributed by atoms with Crippen LogP contribution in [0.15, 0.2) is 76.0 Å². The average molecular weight is 525 g/mol. The van der Waals surface area contributed by atoms with Crippen LogP contribution in [0.3, 0.4) is 0 Å². The average Bonchev–Trinajstić information content (AvgIpc) is 3.37. The van der Waals surface area contributed by atoms with Crippen molar-refractivity contribution >= 4 is 27.4 Å². The number of amides is 1. The minimum absolute atomic E-state index is 0.0268. The second-order valence-corrected chi connectivity index (χ2v) is 9.42. The molecule has 1 amide bonds. The van der Waals surface area contributed by atoms with Crippen molar-refractivity contribution in [3.05, 3.63) is 83.8 Å². The zero-order valence-corrected chi connectivity index (χ0v) is 21.0. The Kier molecular flexibility index (Phi) is 7.58. The molecule has 0 radical (unpaired) electrons. The number of methoxy groups -OCH3 is 2. The molecule has 12 heteroatoms. The smallest absolute Gasteiger partial charge is 0.321 e. The highest BCUT2D eigenvalue weighted by atomic mass is 32.2. The second-order valence-electron chi connectivity index (χ2n) is 7.74. The molecular formula is C25H24N4O7S. The summed E-state index contributed by atoms with van der Waals surface area (Å²) in [4.78, 5) is 20.4. The van der Waals surface area contributed by atoms with Gasteiger partial charge in [-0.05, 0) is 61.0 Å². The van der Waals surface area contributed by atoms with Crippen molar-refractivity contribution in [1.82, 2.24) is 9.97 Å². The lowest BCUT2D eigenvalue weighted by atomic mass is 10.2. The molecule has 0 aliphatic heterocycles. The maximum atomic E-state index is 12.8. The fourth-order valence-corrected chi connectivity index (χ4v) is 4.19. The third kappa shape index (κ3) is 6.55. The Balaban J connectivity index is 1.38. The zero-order valence-electron chi connectivity index (χ0n) is 20.2. The van der Waals surface area contributed by atoms with Crippen molar-refractivity contribution in [2.24, 2.45) is 0 Å². The van der Waals surface area contributed by atoms with Gasteiger partial charge in [0.2, 0.25) is 5.88 Å². The summed E-state index contributed by atoms with van der Waals surface area (Å²) in [7, 11) is -1.25. The van der Waals surface area contributed by atoms with Crippen LogP contribution < -0.4 is 24.2 Å². The summed E-state index contributed by atoms with van der Waals surface area (Å²) in [5.74, 6) is 0.886. The molecule has 0 bridgehead atoms. The highest BCUT2D eigenvalue weighted by Crippen LogP contribution is 2.22. The minimum Gasteiger partial charge on any atom is -0.486 e. The van der Waals surface area contributed by atoms with Gasteiger partial charge in [0.15, 0.2) is 11.6 Å². The number of hydrogen-bond donors (Lipinski definition) is 2. The van der Waals surface area contributed by atoms with Crippen molar-refractivity contribution in [2.45, 2.75) is 18.4 Å². The summed E-state index contributed by atoms with van der Waals surface area (Å²) in [6, 6.07) is 17.7. The van der Waals surface area contributed by atoms with E-state index in [2.05, 4.69) is 20.0 Å². The first kappa shape index (κ1) is 25.5. The molecule has 4 aromatic rings. The molecule has 0 atom stereocenters. The van der Waals surface area contributed by atoms with E-state index in [0.29, 0.717) is 17.2 Å². The first-order chi connectivity index (χ1) is 17.8. The van der Waals surface area contributed by atoms with Crippen LogP contribution in [0.25, 0.3) is 0 Å². The van der Waals surface area contributed by atoms with Gasteiger partial charge in [0, 0.05) is 11.8 Å². The molecule has 0 spiro atoms. The highest BCUT2D eigenvalue weighted by molar-refractivity contribution is 7.92.